The number of likely N-dealkylation sites (tertiary alicyclic amines) is 1. The Bertz CT molecular complexity index is 848. The largest absolute Gasteiger partial charge is 0.369 e. The van der Waals surface area contributed by atoms with Gasteiger partial charge in [-0.05, 0) is 67.3 Å². The van der Waals surface area contributed by atoms with Gasteiger partial charge < -0.3 is 4.90 Å². The van der Waals surface area contributed by atoms with Gasteiger partial charge in [0, 0.05) is 50.0 Å². The number of benzene rings is 2. The van der Waals surface area contributed by atoms with Crippen molar-refractivity contribution in [3.8, 4) is 0 Å². The summed E-state index contributed by atoms with van der Waals surface area (Å²) in [6.07, 6.45) is 5.40. The second-order valence-corrected chi connectivity index (χ2v) is 9.42. The molecule has 3 aliphatic rings. The van der Waals surface area contributed by atoms with E-state index in [2.05, 4.69) is 50.7 Å². The summed E-state index contributed by atoms with van der Waals surface area (Å²) in [5.74, 6) is 0.549. The predicted octanol–water partition coefficient (Wildman–Crippen LogP) is 4.70. The van der Waals surface area contributed by atoms with E-state index in [-0.39, 0.29) is 11.9 Å². The molecule has 0 N–H and O–H groups in total. The lowest BCUT2D eigenvalue weighted by molar-refractivity contribution is 0.238. The summed E-state index contributed by atoms with van der Waals surface area (Å²) in [7, 11) is 0. The van der Waals surface area contributed by atoms with Crippen molar-refractivity contribution in [2.45, 2.75) is 31.2 Å². The van der Waals surface area contributed by atoms with E-state index in [1.165, 1.54) is 23.2 Å². The highest BCUT2D eigenvalue weighted by molar-refractivity contribution is 7.96. The molecule has 3 nitrogen and oxygen atoms in total. The average Bonchev–Trinajstić information content (AvgIpc) is 3.42. The number of aryl methyl sites for hydroxylation is 1. The molecule has 0 spiro atoms. The third kappa shape index (κ3) is 3.80. The van der Waals surface area contributed by atoms with Gasteiger partial charge in [0.2, 0.25) is 0 Å². The second kappa shape index (κ2) is 8.29. The van der Waals surface area contributed by atoms with Crippen molar-refractivity contribution in [1.82, 2.24) is 9.21 Å². The Balaban J connectivity index is 1.24. The zero-order valence-electron chi connectivity index (χ0n) is 17.2. The van der Waals surface area contributed by atoms with Crippen molar-refractivity contribution in [1.29, 1.82) is 0 Å². The number of anilines is 1. The first kappa shape index (κ1) is 19.4. The van der Waals surface area contributed by atoms with Crippen molar-refractivity contribution in [3.05, 3.63) is 65.0 Å². The third-order valence-corrected chi connectivity index (χ3v) is 7.93. The lowest BCUT2D eigenvalue weighted by atomic mass is 9.98. The molecule has 2 aliphatic heterocycles. The summed E-state index contributed by atoms with van der Waals surface area (Å²) < 4.78 is 16.9. The van der Waals surface area contributed by atoms with Crippen LogP contribution in [0.5, 0.6) is 0 Å². The van der Waals surface area contributed by atoms with Crippen LogP contribution in [0.4, 0.5) is 10.1 Å². The number of fused-ring (bicyclic) bond motifs is 1. The third-order valence-electron chi connectivity index (χ3n) is 7.05. The lowest BCUT2D eigenvalue weighted by Crippen LogP contribution is -2.43. The summed E-state index contributed by atoms with van der Waals surface area (Å²) in [4.78, 5) is 5.02. The molecule has 2 heterocycles. The summed E-state index contributed by atoms with van der Waals surface area (Å²) in [6.45, 7) is 6.57. The van der Waals surface area contributed by atoms with Gasteiger partial charge >= 0.3 is 0 Å². The molecule has 2 unspecified atom stereocenters. The van der Waals surface area contributed by atoms with Crippen LogP contribution in [0.1, 0.15) is 41.5 Å². The van der Waals surface area contributed by atoms with Crippen LogP contribution in [-0.4, -0.2) is 54.7 Å². The highest BCUT2D eigenvalue weighted by Crippen LogP contribution is 2.41. The van der Waals surface area contributed by atoms with Gasteiger partial charge in [0.1, 0.15) is 5.82 Å². The number of rotatable bonds is 4. The fourth-order valence-electron chi connectivity index (χ4n) is 5.40. The maximum absolute atomic E-state index is 14.4. The topological polar surface area (TPSA) is 9.72 Å². The second-order valence-electron chi connectivity index (χ2n) is 8.54. The van der Waals surface area contributed by atoms with Gasteiger partial charge in [-0.25, -0.2) is 8.70 Å². The Morgan fingerprint density at radius 3 is 2.48 bits per heavy atom. The Morgan fingerprint density at radius 2 is 1.72 bits per heavy atom. The minimum atomic E-state index is -0.0145. The molecule has 2 saturated heterocycles. The molecule has 5 rings (SSSR count). The Hall–Kier alpha value is -1.56. The molecule has 2 aromatic carbocycles. The fraction of sp³-hybridized carbons (Fsp3) is 0.500. The number of hydrogen-bond donors (Lipinski definition) is 0. The van der Waals surface area contributed by atoms with Gasteiger partial charge in [-0.1, -0.05) is 36.2 Å². The molecule has 2 atom stereocenters. The van der Waals surface area contributed by atoms with Gasteiger partial charge in [-0.2, -0.15) is 0 Å². The lowest BCUT2D eigenvalue weighted by Gasteiger charge is -2.34. The van der Waals surface area contributed by atoms with Gasteiger partial charge in [-0.15, -0.1) is 0 Å². The number of piperazine rings is 1. The van der Waals surface area contributed by atoms with Crippen molar-refractivity contribution >= 4 is 17.6 Å². The van der Waals surface area contributed by atoms with E-state index in [0.717, 1.165) is 57.7 Å². The molecule has 1 aliphatic carbocycles. The molecule has 0 bridgehead atoms. The molecular weight excluding hydrogens is 381 g/mol. The number of hydrogen-bond acceptors (Lipinski definition) is 4. The van der Waals surface area contributed by atoms with Crippen LogP contribution in [0.2, 0.25) is 0 Å². The molecule has 0 amide bonds. The first-order valence-corrected chi connectivity index (χ1v) is 12.1. The highest BCUT2D eigenvalue weighted by Gasteiger charge is 2.35. The molecule has 0 saturated carbocycles. The van der Waals surface area contributed by atoms with Crippen molar-refractivity contribution < 1.29 is 4.39 Å². The number of halogens is 1. The maximum Gasteiger partial charge on any atom is 0.128 e. The van der Waals surface area contributed by atoms with Crippen molar-refractivity contribution in [2.24, 2.45) is 0 Å². The molecular formula is C24H30FN3S. The van der Waals surface area contributed by atoms with E-state index < -0.39 is 0 Å². The van der Waals surface area contributed by atoms with Crippen LogP contribution < -0.4 is 4.90 Å². The number of nitrogens with zero attached hydrogens (tertiary/aromatic N) is 3. The SMILES string of the molecule is CSN1CCN(c2ccc(C3CCN(C4CCc5cccc(F)c54)C3)cc2)CC1. The average molecular weight is 412 g/mol. The van der Waals surface area contributed by atoms with E-state index in [1.807, 2.05) is 18.0 Å². The van der Waals surface area contributed by atoms with Gasteiger partial charge in [-0.3, -0.25) is 4.90 Å². The maximum atomic E-state index is 14.4. The quantitative estimate of drug-likeness (QED) is 0.674. The van der Waals surface area contributed by atoms with E-state index in [9.17, 15) is 4.39 Å². The smallest absolute Gasteiger partial charge is 0.128 e. The summed E-state index contributed by atoms with van der Waals surface area (Å²) in [5.41, 5.74) is 4.96. The Kier molecular flexibility index (Phi) is 5.55. The normalized spacial score (nSPS) is 25.5. The molecule has 5 heteroatoms. The van der Waals surface area contributed by atoms with Crippen molar-refractivity contribution in [2.75, 3.05) is 50.4 Å². The minimum Gasteiger partial charge on any atom is -0.369 e. The van der Waals surface area contributed by atoms with Crippen LogP contribution >= 0.6 is 11.9 Å². The molecule has 2 fully saturated rings. The summed E-state index contributed by atoms with van der Waals surface area (Å²) in [6, 6.07) is 15.1. The zero-order chi connectivity index (χ0) is 19.8. The van der Waals surface area contributed by atoms with Gasteiger partial charge in [0.05, 0.1) is 0 Å². The van der Waals surface area contributed by atoms with Crippen LogP contribution in [0, 0.1) is 5.82 Å². The highest BCUT2D eigenvalue weighted by atomic mass is 32.2. The van der Waals surface area contributed by atoms with Crippen LogP contribution in [-0.2, 0) is 6.42 Å². The molecule has 0 aromatic heterocycles. The minimum absolute atomic E-state index is 0.0145. The molecule has 29 heavy (non-hydrogen) atoms. The molecule has 0 radical (unpaired) electrons. The summed E-state index contributed by atoms with van der Waals surface area (Å²) >= 11 is 1.85. The monoisotopic (exact) mass is 411 g/mol. The fourth-order valence-corrected chi connectivity index (χ4v) is 5.93. The van der Waals surface area contributed by atoms with Crippen molar-refractivity contribution in [3.63, 3.8) is 0 Å². The van der Waals surface area contributed by atoms with Crippen LogP contribution in [0.25, 0.3) is 0 Å². The van der Waals surface area contributed by atoms with E-state index in [4.69, 9.17) is 0 Å². The first-order valence-electron chi connectivity index (χ1n) is 10.9. The van der Waals surface area contributed by atoms with Gasteiger partial charge in [0.25, 0.3) is 0 Å². The first-order chi connectivity index (χ1) is 14.2. The summed E-state index contributed by atoms with van der Waals surface area (Å²) in [5, 5.41) is 0. The Morgan fingerprint density at radius 1 is 0.931 bits per heavy atom. The molecule has 154 valence electrons. The van der Waals surface area contributed by atoms with Crippen LogP contribution in [0.15, 0.2) is 42.5 Å². The zero-order valence-corrected chi connectivity index (χ0v) is 18.0. The molecule has 2 aromatic rings. The van der Waals surface area contributed by atoms with E-state index in [1.54, 1.807) is 6.07 Å². The van der Waals surface area contributed by atoms with E-state index in [0.29, 0.717) is 5.92 Å². The standard InChI is InChI=1S/C24H30FN3S/c1-29-28-15-13-26(14-16-28)21-8-5-18(6-9-21)20-11-12-27(17-20)23-10-7-19-3-2-4-22(25)24(19)23/h2-6,8-9,20,23H,7,10-17H2,1H3. The van der Waals surface area contributed by atoms with E-state index >= 15 is 0 Å². The van der Waals surface area contributed by atoms with Gasteiger partial charge in [0.15, 0.2) is 0 Å². The Labute approximate surface area is 178 Å². The van der Waals surface area contributed by atoms with Crippen LogP contribution in [0.3, 0.4) is 0 Å². The predicted molar refractivity (Wildman–Crippen MR) is 120 cm³/mol.